The quantitative estimate of drug-likeness (QED) is 0.838. The molecule has 0 atom stereocenters. The lowest BCUT2D eigenvalue weighted by Crippen LogP contribution is -2.40. The van der Waals surface area contributed by atoms with Crippen LogP contribution in [0.2, 0.25) is 0 Å². The first-order chi connectivity index (χ1) is 7.46. The second-order valence-corrected chi connectivity index (χ2v) is 4.19. The largest absolute Gasteiger partial charge is 0.483 e. The van der Waals surface area contributed by atoms with Crippen molar-refractivity contribution in [3.63, 3.8) is 0 Å². The highest BCUT2D eigenvalue weighted by atomic mass is 19.2. The molecule has 1 N–H and O–H groups in total. The molecule has 1 aromatic carbocycles. The average molecular weight is 229 g/mol. The van der Waals surface area contributed by atoms with E-state index in [4.69, 9.17) is 4.74 Å². The first-order valence-electron chi connectivity index (χ1n) is 5.30. The van der Waals surface area contributed by atoms with Gasteiger partial charge in [0.2, 0.25) is 5.82 Å². The van der Waals surface area contributed by atoms with Crippen molar-refractivity contribution in [2.75, 3.05) is 13.1 Å². The molecule has 0 spiro atoms. The van der Waals surface area contributed by atoms with Crippen LogP contribution in [0.15, 0.2) is 18.2 Å². The van der Waals surface area contributed by atoms with Crippen LogP contribution in [0.1, 0.15) is 20.8 Å². The fourth-order valence-electron chi connectivity index (χ4n) is 1.32. The lowest BCUT2D eigenvalue weighted by molar-refractivity contribution is 0.102. The highest BCUT2D eigenvalue weighted by Gasteiger charge is 2.21. The van der Waals surface area contributed by atoms with E-state index in [0.717, 1.165) is 12.6 Å². The number of hydrogen-bond acceptors (Lipinski definition) is 2. The van der Waals surface area contributed by atoms with E-state index in [2.05, 4.69) is 5.32 Å². The van der Waals surface area contributed by atoms with E-state index in [1.807, 2.05) is 20.8 Å². The molecule has 0 amide bonds. The summed E-state index contributed by atoms with van der Waals surface area (Å²) in [6, 6.07) is 3.92. The molecule has 0 aromatic heterocycles. The Hall–Kier alpha value is -1.16. The number of likely N-dealkylation sites (N-methyl/N-ethyl adjacent to an activating group) is 1. The zero-order valence-electron chi connectivity index (χ0n) is 9.81. The topological polar surface area (TPSA) is 21.3 Å². The van der Waals surface area contributed by atoms with Gasteiger partial charge in [-0.3, -0.25) is 0 Å². The normalized spacial score (nSPS) is 11.6. The molecule has 16 heavy (non-hydrogen) atoms. The summed E-state index contributed by atoms with van der Waals surface area (Å²) in [5, 5.41) is 3.10. The summed E-state index contributed by atoms with van der Waals surface area (Å²) in [6.07, 6.45) is 0. The summed E-state index contributed by atoms with van der Waals surface area (Å²) in [5.74, 6) is -1.88. The van der Waals surface area contributed by atoms with Crippen LogP contribution >= 0.6 is 0 Å². The monoisotopic (exact) mass is 229 g/mol. The van der Waals surface area contributed by atoms with Crippen molar-refractivity contribution >= 4 is 0 Å². The lowest BCUT2D eigenvalue weighted by Gasteiger charge is -2.26. The maximum atomic E-state index is 13.3. The fraction of sp³-hybridized carbons (Fsp3) is 0.500. The van der Waals surface area contributed by atoms with Crippen molar-refractivity contribution in [3.8, 4) is 5.75 Å². The van der Waals surface area contributed by atoms with Crippen LogP contribution in [0, 0.1) is 11.6 Å². The maximum absolute atomic E-state index is 13.3. The molecule has 0 aliphatic rings. The van der Waals surface area contributed by atoms with Crippen LogP contribution in [0.25, 0.3) is 0 Å². The van der Waals surface area contributed by atoms with Gasteiger partial charge in [0.1, 0.15) is 5.60 Å². The molecule has 0 radical (unpaired) electrons. The smallest absolute Gasteiger partial charge is 0.200 e. The number of nitrogens with one attached hydrogen (secondary N) is 1. The molecule has 0 aliphatic carbocycles. The van der Waals surface area contributed by atoms with Gasteiger partial charge in [-0.25, -0.2) is 4.39 Å². The van der Waals surface area contributed by atoms with E-state index < -0.39 is 17.2 Å². The van der Waals surface area contributed by atoms with Crippen LogP contribution in [-0.4, -0.2) is 18.7 Å². The molecular weight excluding hydrogens is 212 g/mol. The lowest BCUT2D eigenvalue weighted by atomic mass is 10.1. The number of rotatable bonds is 5. The number of hydrogen-bond donors (Lipinski definition) is 1. The van der Waals surface area contributed by atoms with Gasteiger partial charge in [0.15, 0.2) is 11.6 Å². The standard InChI is InChI=1S/C12H17F2NO/c1-4-15-8-12(2,3)16-10-7-5-6-9(13)11(10)14/h5-7,15H,4,8H2,1-3H3. The molecule has 4 heteroatoms. The van der Waals surface area contributed by atoms with Gasteiger partial charge in [0, 0.05) is 6.54 Å². The summed E-state index contributed by atoms with van der Waals surface area (Å²) in [5.41, 5.74) is -0.579. The average Bonchev–Trinajstić information content (AvgIpc) is 2.22. The van der Waals surface area contributed by atoms with Gasteiger partial charge in [-0.05, 0) is 32.5 Å². The van der Waals surface area contributed by atoms with Gasteiger partial charge >= 0.3 is 0 Å². The third-order valence-corrected chi connectivity index (χ3v) is 2.10. The molecule has 0 fully saturated rings. The second kappa shape index (κ2) is 5.25. The fourth-order valence-corrected chi connectivity index (χ4v) is 1.32. The molecule has 0 bridgehead atoms. The molecular formula is C12H17F2NO. The number of benzene rings is 1. The van der Waals surface area contributed by atoms with Crippen molar-refractivity contribution in [2.24, 2.45) is 0 Å². The van der Waals surface area contributed by atoms with Gasteiger partial charge in [-0.2, -0.15) is 4.39 Å². The summed E-state index contributed by atoms with van der Waals surface area (Å²) >= 11 is 0. The maximum Gasteiger partial charge on any atom is 0.200 e. The van der Waals surface area contributed by atoms with Crippen LogP contribution in [0.5, 0.6) is 5.75 Å². The van der Waals surface area contributed by atoms with Gasteiger partial charge in [0.25, 0.3) is 0 Å². The van der Waals surface area contributed by atoms with E-state index >= 15 is 0 Å². The Balaban J connectivity index is 2.75. The molecule has 0 saturated carbocycles. The summed E-state index contributed by atoms with van der Waals surface area (Å²) in [4.78, 5) is 0. The zero-order chi connectivity index (χ0) is 12.2. The zero-order valence-corrected chi connectivity index (χ0v) is 9.81. The SMILES string of the molecule is CCNCC(C)(C)Oc1cccc(F)c1F. The minimum absolute atomic E-state index is 0.0529. The molecule has 0 heterocycles. The van der Waals surface area contributed by atoms with E-state index in [0.29, 0.717) is 6.54 Å². The van der Waals surface area contributed by atoms with Crippen molar-refractivity contribution in [1.82, 2.24) is 5.32 Å². The molecule has 2 nitrogen and oxygen atoms in total. The summed E-state index contributed by atoms with van der Waals surface area (Å²) in [7, 11) is 0. The van der Waals surface area contributed by atoms with Gasteiger partial charge in [-0.1, -0.05) is 13.0 Å². The Morgan fingerprint density at radius 2 is 2.00 bits per heavy atom. The molecule has 1 aromatic rings. The van der Waals surface area contributed by atoms with Crippen LogP contribution in [0.3, 0.4) is 0 Å². The molecule has 0 unspecified atom stereocenters. The molecule has 1 rings (SSSR count). The number of halogens is 2. The first-order valence-corrected chi connectivity index (χ1v) is 5.30. The van der Waals surface area contributed by atoms with E-state index in [1.165, 1.54) is 12.1 Å². The van der Waals surface area contributed by atoms with Crippen molar-refractivity contribution < 1.29 is 13.5 Å². The second-order valence-electron chi connectivity index (χ2n) is 4.19. The molecule has 90 valence electrons. The Morgan fingerprint density at radius 3 is 2.62 bits per heavy atom. The third kappa shape index (κ3) is 3.45. The number of ether oxygens (including phenoxy) is 1. The molecule has 0 saturated heterocycles. The van der Waals surface area contributed by atoms with Gasteiger partial charge < -0.3 is 10.1 Å². The van der Waals surface area contributed by atoms with Crippen molar-refractivity contribution in [3.05, 3.63) is 29.8 Å². The van der Waals surface area contributed by atoms with Crippen LogP contribution in [0.4, 0.5) is 8.78 Å². The Morgan fingerprint density at radius 1 is 1.31 bits per heavy atom. The van der Waals surface area contributed by atoms with Crippen LogP contribution < -0.4 is 10.1 Å². The van der Waals surface area contributed by atoms with E-state index in [1.54, 1.807) is 0 Å². The van der Waals surface area contributed by atoms with Crippen LogP contribution in [-0.2, 0) is 0 Å². The van der Waals surface area contributed by atoms with Crippen molar-refractivity contribution in [1.29, 1.82) is 0 Å². The summed E-state index contributed by atoms with van der Waals surface area (Å²) < 4.78 is 31.7. The van der Waals surface area contributed by atoms with E-state index in [9.17, 15) is 8.78 Å². The third-order valence-electron chi connectivity index (χ3n) is 2.10. The van der Waals surface area contributed by atoms with Gasteiger partial charge in [-0.15, -0.1) is 0 Å². The Labute approximate surface area is 94.6 Å². The predicted octanol–water partition coefficient (Wildman–Crippen LogP) is 2.73. The van der Waals surface area contributed by atoms with Crippen molar-refractivity contribution in [2.45, 2.75) is 26.4 Å². The highest BCUT2D eigenvalue weighted by Crippen LogP contribution is 2.23. The van der Waals surface area contributed by atoms with E-state index in [-0.39, 0.29) is 5.75 Å². The minimum atomic E-state index is -0.938. The first kappa shape index (κ1) is 12.9. The minimum Gasteiger partial charge on any atom is -0.483 e. The Kier molecular flexibility index (Phi) is 4.24. The van der Waals surface area contributed by atoms with Gasteiger partial charge in [0.05, 0.1) is 0 Å². The highest BCUT2D eigenvalue weighted by molar-refractivity contribution is 5.25. The Bertz CT molecular complexity index is 353. The molecule has 0 aliphatic heterocycles. The summed E-state index contributed by atoms with van der Waals surface area (Å²) in [6.45, 7) is 6.98. The predicted molar refractivity (Wildman–Crippen MR) is 59.6 cm³/mol.